The number of ether oxygens (including phenoxy) is 1. The molecule has 2 bridgehead atoms. The fourth-order valence-corrected chi connectivity index (χ4v) is 5.36. The maximum Gasteiger partial charge on any atom is 0.0692 e. The van der Waals surface area contributed by atoms with Crippen LogP contribution in [0.2, 0.25) is 0 Å². The molecule has 1 aliphatic heterocycles. The lowest BCUT2D eigenvalue weighted by Crippen LogP contribution is -2.55. The van der Waals surface area contributed by atoms with E-state index >= 15 is 0 Å². The van der Waals surface area contributed by atoms with Crippen molar-refractivity contribution >= 4 is 27.5 Å². The Labute approximate surface area is 123 Å². The largest absolute Gasteiger partial charge is 0.373 e. The first-order valence-corrected chi connectivity index (χ1v) is 8.11. The lowest BCUT2D eigenvalue weighted by molar-refractivity contribution is 0.00154. The van der Waals surface area contributed by atoms with Gasteiger partial charge in [0.15, 0.2) is 0 Å². The monoisotopic (exact) mass is 332 g/mol. The summed E-state index contributed by atoms with van der Waals surface area (Å²) in [5.74, 6) is 0. The van der Waals surface area contributed by atoms with E-state index in [2.05, 4.69) is 43.3 Å². The molecule has 1 saturated heterocycles. The summed E-state index contributed by atoms with van der Waals surface area (Å²) in [4.78, 5) is 0. The van der Waals surface area contributed by atoms with Crippen LogP contribution in [0.25, 0.3) is 0 Å². The van der Waals surface area contributed by atoms with E-state index in [-0.39, 0.29) is 26.6 Å². The molecule has 1 nitrogen and oxygen atoms in total. The van der Waals surface area contributed by atoms with Gasteiger partial charge in [0.1, 0.15) is 0 Å². The summed E-state index contributed by atoms with van der Waals surface area (Å²) in [6.07, 6.45) is 4.86. The van der Waals surface area contributed by atoms with E-state index in [9.17, 15) is 0 Å². The Morgan fingerprint density at radius 1 is 1.28 bits per heavy atom. The van der Waals surface area contributed by atoms with Crippen LogP contribution in [0.3, 0.4) is 0 Å². The average molecular weight is 334 g/mol. The zero-order chi connectivity index (χ0) is 13.3. The Bertz CT molecular complexity index is 403. The highest BCUT2D eigenvalue weighted by Gasteiger charge is 2.68. The molecule has 1 heterocycles. The standard InChI is InChI=1S/C15H22BrClO/c1-9-5-6-11-13(2,3)15(9)7-10(17)14(4,16)8-12(15)18-11/h10-12H,1,5-8H2,2-4H3/t10-,11+,12-,14-,15+/m1/s1. The molecule has 0 amide bonds. The highest BCUT2D eigenvalue weighted by Crippen LogP contribution is 2.68. The predicted octanol–water partition coefficient (Wildman–Crippen LogP) is 4.67. The SMILES string of the molecule is C=C1CC[C@@H]2O[C@@H]3C[C@@](C)(Br)[C@H](Cl)C[C@]13C2(C)C. The number of fused-ring (bicyclic) bond motifs is 1. The third-order valence-corrected chi connectivity index (χ3v) is 7.69. The van der Waals surface area contributed by atoms with Crippen LogP contribution < -0.4 is 0 Å². The van der Waals surface area contributed by atoms with Crippen LogP contribution >= 0.6 is 27.5 Å². The van der Waals surface area contributed by atoms with Gasteiger partial charge >= 0.3 is 0 Å². The minimum atomic E-state index is -0.0156. The molecule has 18 heavy (non-hydrogen) atoms. The molecule has 0 N–H and O–H groups in total. The number of hydrogen-bond donors (Lipinski definition) is 0. The molecule has 2 aliphatic carbocycles. The summed E-state index contributed by atoms with van der Waals surface area (Å²) >= 11 is 10.5. The summed E-state index contributed by atoms with van der Waals surface area (Å²) in [5.41, 5.74) is 1.64. The molecular weight excluding hydrogens is 312 g/mol. The summed E-state index contributed by atoms with van der Waals surface area (Å²) in [7, 11) is 0. The van der Waals surface area contributed by atoms with Gasteiger partial charge < -0.3 is 4.74 Å². The molecule has 0 unspecified atom stereocenters. The lowest BCUT2D eigenvalue weighted by atomic mass is 9.50. The van der Waals surface area contributed by atoms with Crippen molar-refractivity contribution in [2.24, 2.45) is 10.8 Å². The van der Waals surface area contributed by atoms with Gasteiger partial charge in [-0.05, 0) is 32.6 Å². The maximum absolute atomic E-state index is 6.66. The lowest BCUT2D eigenvalue weighted by Gasteiger charge is -2.55. The topological polar surface area (TPSA) is 9.23 Å². The Balaban J connectivity index is 2.08. The minimum absolute atomic E-state index is 0.0156. The molecule has 3 rings (SSSR count). The second-order valence-electron chi connectivity index (χ2n) is 7.10. The van der Waals surface area contributed by atoms with E-state index < -0.39 is 0 Å². The second kappa shape index (κ2) is 3.77. The van der Waals surface area contributed by atoms with E-state index in [1.165, 1.54) is 5.57 Å². The Morgan fingerprint density at radius 3 is 2.61 bits per heavy atom. The summed E-state index contributed by atoms with van der Waals surface area (Å²) in [6, 6.07) is 0. The minimum Gasteiger partial charge on any atom is -0.373 e. The average Bonchev–Trinajstić information content (AvgIpc) is 2.38. The van der Waals surface area contributed by atoms with E-state index in [1.807, 2.05) is 0 Å². The number of halogens is 2. The van der Waals surface area contributed by atoms with E-state index in [0.717, 1.165) is 25.7 Å². The molecule has 1 spiro atoms. The molecule has 3 fully saturated rings. The predicted molar refractivity (Wildman–Crippen MR) is 79.5 cm³/mol. The number of rotatable bonds is 0. The molecule has 102 valence electrons. The van der Waals surface area contributed by atoms with Crippen molar-refractivity contribution < 1.29 is 4.74 Å². The van der Waals surface area contributed by atoms with Crippen molar-refractivity contribution in [3.63, 3.8) is 0 Å². The van der Waals surface area contributed by atoms with Gasteiger partial charge in [-0.1, -0.05) is 41.9 Å². The van der Waals surface area contributed by atoms with Gasteiger partial charge in [-0.3, -0.25) is 0 Å². The molecule has 2 saturated carbocycles. The first-order valence-electron chi connectivity index (χ1n) is 6.88. The van der Waals surface area contributed by atoms with Crippen molar-refractivity contribution in [1.29, 1.82) is 0 Å². The van der Waals surface area contributed by atoms with Gasteiger partial charge in [0.25, 0.3) is 0 Å². The molecule has 0 aromatic carbocycles. The fraction of sp³-hybridized carbons (Fsp3) is 0.867. The molecule has 0 radical (unpaired) electrons. The zero-order valence-corrected chi connectivity index (χ0v) is 13.8. The van der Waals surface area contributed by atoms with Crippen molar-refractivity contribution in [2.45, 2.75) is 68.4 Å². The molecule has 3 heteroatoms. The highest BCUT2D eigenvalue weighted by molar-refractivity contribution is 9.10. The smallest absolute Gasteiger partial charge is 0.0692 e. The van der Waals surface area contributed by atoms with Crippen molar-refractivity contribution in [3.8, 4) is 0 Å². The Kier molecular flexibility index (Phi) is 2.82. The van der Waals surface area contributed by atoms with E-state index in [0.29, 0.717) is 6.10 Å². The molecular formula is C15H22BrClO. The number of alkyl halides is 2. The van der Waals surface area contributed by atoms with Gasteiger partial charge in [0, 0.05) is 20.5 Å². The zero-order valence-electron chi connectivity index (χ0n) is 11.4. The van der Waals surface area contributed by atoms with Gasteiger partial charge in [-0.2, -0.15) is 0 Å². The third-order valence-electron chi connectivity index (χ3n) is 5.91. The fourth-order valence-electron chi connectivity index (χ4n) is 4.57. The van der Waals surface area contributed by atoms with E-state index in [4.69, 9.17) is 16.3 Å². The third kappa shape index (κ3) is 1.43. The summed E-state index contributed by atoms with van der Waals surface area (Å²) < 4.78 is 6.38. The first kappa shape index (κ1) is 13.5. The van der Waals surface area contributed by atoms with Crippen molar-refractivity contribution in [2.75, 3.05) is 0 Å². The van der Waals surface area contributed by atoms with Crippen LogP contribution in [0.1, 0.15) is 46.5 Å². The molecule has 0 aromatic rings. The maximum atomic E-state index is 6.66. The highest BCUT2D eigenvalue weighted by atomic mass is 79.9. The van der Waals surface area contributed by atoms with Crippen molar-refractivity contribution in [1.82, 2.24) is 0 Å². The van der Waals surface area contributed by atoms with Crippen LogP contribution in [-0.4, -0.2) is 21.9 Å². The van der Waals surface area contributed by atoms with Crippen LogP contribution in [0.15, 0.2) is 12.2 Å². The quantitative estimate of drug-likeness (QED) is 0.462. The Hall–Kier alpha value is 0.470. The van der Waals surface area contributed by atoms with Crippen LogP contribution in [0.5, 0.6) is 0 Å². The van der Waals surface area contributed by atoms with Crippen molar-refractivity contribution in [3.05, 3.63) is 12.2 Å². The Morgan fingerprint density at radius 2 is 1.94 bits per heavy atom. The summed E-state index contributed by atoms with van der Waals surface area (Å²) in [6.45, 7) is 11.3. The normalized spacial score (nSPS) is 54.3. The van der Waals surface area contributed by atoms with Crippen LogP contribution in [0, 0.1) is 10.8 Å². The molecule has 0 aromatic heterocycles. The van der Waals surface area contributed by atoms with Gasteiger partial charge in [-0.15, -0.1) is 11.6 Å². The van der Waals surface area contributed by atoms with E-state index in [1.54, 1.807) is 0 Å². The molecule has 3 aliphatic rings. The summed E-state index contributed by atoms with van der Waals surface area (Å²) in [5, 5.41) is 0.144. The van der Waals surface area contributed by atoms with Gasteiger partial charge in [-0.25, -0.2) is 0 Å². The van der Waals surface area contributed by atoms with Crippen LogP contribution in [0.4, 0.5) is 0 Å². The van der Waals surface area contributed by atoms with Crippen LogP contribution in [-0.2, 0) is 4.74 Å². The molecule has 5 atom stereocenters. The van der Waals surface area contributed by atoms with Gasteiger partial charge in [0.2, 0.25) is 0 Å². The van der Waals surface area contributed by atoms with Gasteiger partial charge in [0.05, 0.1) is 12.2 Å². The second-order valence-corrected chi connectivity index (χ2v) is 9.44. The number of hydrogen-bond acceptors (Lipinski definition) is 1. The first-order chi connectivity index (χ1) is 8.22.